The highest BCUT2D eigenvalue weighted by Gasteiger charge is 2.13. The van der Waals surface area contributed by atoms with Crippen LogP contribution in [0.25, 0.3) is 50.5 Å². The number of benzene rings is 1. The first-order valence-electron chi connectivity index (χ1n) is 10.8. The number of pyridine rings is 3. The van der Waals surface area contributed by atoms with Crippen LogP contribution in [0.3, 0.4) is 0 Å². The summed E-state index contributed by atoms with van der Waals surface area (Å²) in [7, 11) is 1.61. The maximum atomic E-state index is 5.15. The zero-order valence-corrected chi connectivity index (χ0v) is 18.4. The highest BCUT2D eigenvalue weighted by atomic mass is 16.5. The summed E-state index contributed by atoms with van der Waals surface area (Å²) in [5, 5.41) is 7.50. The van der Waals surface area contributed by atoms with Crippen LogP contribution in [0, 0.1) is 0 Å². The van der Waals surface area contributed by atoms with E-state index in [1.54, 1.807) is 13.3 Å². The Morgan fingerprint density at radius 2 is 1.56 bits per heavy atom. The van der Waals surface area contributed by atoms with Gasteiger partial charge in [0.2, 0.25) is 5.88 Å². The normalized spacial score (nSPS) is 11.1. The van der Waals surface area contributed by atoms with Gasteiger partial charge in [0.25, 0.3) is 0 Å². The number of rotatable bonds is 5. The molecule has 0 aliphatic heterocycles. The summed E-state index contributed by atoms with van der Waals surface area (Å²) in [6.45, 7) is 0. The molecule has 0 aliphatic rings. The van der Waals surface area contributed by atoms with Crippen LogP contribution >= 0.6 is 0 Å². The number of hydrogen-bond acceptors (Lipinski definition) is 5. The van der Waals surface area contributed by atoms with Gasteiger partial charge in [-0.2, -0.15) is 5.10 Å². The first-order valence-corrected chi connectivity index (χ1v) is 10.8. The second-order valence-electron chi connectivity index (χ2n) is 7.83. The van der Waals surface area contributed by atoms with Gasteiger partial charge >= 0.3 is 0 Å². The van der Waals surface area contributed by atoms with Crippen LogP contribution in [0.2, 0.25) is 0 Å². The fourth-order valence-electron chi connectivity index (χ4n) is 4.07. The van der Waals surface area contributed by atoms with E-state index in [9.17, 15) is 0 Å². The molecule has 34 heavy (non-hydrogen) atoms. The molecule has 0 atom stereocenters. The minimum absolute atomic E-state index is 0.600. The smallest absolute Gasteiger partial charge is 0.212 e. The molecule has 0 radical (unpaired) electrons. The van der Waals surface area contributed by atoms with Gasteiger partial charge in [-0.25, -0.2) is 9.97 Å². The Hall–Kier alpha value is -4.78. The van der Waals surface area contributed by atoms with Gasteiger partial charge in [-0.1, -0.05) is 30.3 Å². The number of nitrogens with one attached hydrogen (secondary N) is 1. The van der Waals surface area contributed by atoms with Crippen molar-refractivity contribution in [1.82, 2.24) is 29.5 Å². The number of aromatic amines is 1. The number of imidazole rings is 1. The standard InChI is InChI=1S/C27H20N6O/c1-34-26-12-10-20(14-30-26)18-5-7-19(8-6-18)27-22(15-31-32-27)21-9-11-25-29-16-24(33(25)17-21)23-4-2-3-13-28-23/h2-17H,1H3,(H,31,32). The average molecular weight is 444 g/mol. The summed E-state index contributed by atoms with van der Waals surface area (Å²) in [5.41, 5.74) is 8.86. The maximum Gasteiger partial charge on any atom is 0.212 e. The lowest BCUT2D eigenvalue weighted by Gasteiger charge is -2.08. The summed E-state index contributed by atoms with van der Waals surface area (Å²) >= 11 is 0. The third kappa shape index (κ3) is 3.49. The lowest BCUT2D eigenvalue weighted by atomic mass is 10.0. The van der Waals surface area contributed by atoms with Crippen LogP contribution in [0.4, 0.5) is 0 Å². The summed E-state index contributed by atoms with van der Waals surface area (Å²) < 4.78 is 7.21. The van der Waals surface area contributed by atoms with Crippen molar-refractivity contribution in [1.29, 1.82) is 0 Å². The Morgan fingerprint density at radius 3 is 2.32 bits per heavy atom. The highest BCUT2D eigenvalue weighted by Crippen LogP contribution is 2.32. The number of hydrogen-bond donors (Lipinski definition) is 1. The van der Waals surface area contributed by atoms with Crippen molar-refractivity contribution in [2.45, 2.75) is 0 Å². The van der Waals surface area contributed by atoms with Crippen LogP contribution < -0.4 is 4.74 Å². The fraction of sp³-hybridized carbons (Fsp3) is 0.0370. The van der Waals surface area contributed by atoms with Crippen molar-refractivity contribution in [2.75, 3.05) is 7.11 Å². The Balaban J connectivity index is 1.36. The zero-order valence-electron chi connectivity index (χ0n) is 18.4. The molecular weight excluding hydrogens is 424 g/mol. The third-order valence-corrected chi connectivity index (χ3v) is 5.84. The monoisotopic (exact) mass is 444 g/mol. The molecule has 5 aromatic heterocycles. The predicted molar refractivity (Wildman–Crippen MR) is 131 cm³/mol. The van der Waals surface area contributed by atoms with Crippen LogP contribution in [-0.2, 0) is 0 Å². The Kier molecular flexibility index (Phi) is 4.85. The van der Waals surface area contributed by atoms with Gasteiger partial charge in [-0.3, -0.25) is 14.5 Å². The summed E-state index contributed by atoms with van der Waals surface area (Å²) in [4.78, 5) is 13.3. The van der Waals surface area contributed by atoms with Gasteiger partial charge in [0.15, 0.2) is 0 Å². The maximum absolute atomic E-state index is 5.15. The first kappa shape index (κ1) is 19.9. The zero-order chi connectivity index (χ0) is 22.9. The highest BCUT2D eigenvalue weighted by molar-refractivity contribution is 5.82. The predicted octanol–water partition coefficient (Wildman–Crippen LogP) is 5.52. The van der Waals surface area contributed by atoms with Gasteiger partial charge in [0, 0.05) is 46.9 Å². The molecule has 0 amide bonds. The lowest BCUT2D eigenvalue weighted by Crippen LogP contribution is -1.92. The molecule has 6 rings (SSSR count). The third-order valence-electron chi connectivity index (χ3n) is 5.84. The fourth-order valence-corrected chi connectivity index (χ4v) is 4.07. The average Bonchev–Trinajstić information content (AvgIpc) is 3.57. The number of ether oxygens (including phenoxy) is 1. The molecule has 0 saturated heterocycles. The van der Waals surface area contributed by atoms with E-state index in [4.69, 9.17) is 4.74 Å². The minimum Gasteiger partial charge on any atom is -0.481 e. The van der Waals surface area contributed by atoms with Crippen LogP contribution in [0.5, 0.6) is 5.88 Å². The van der Waals surface area contributed by atoms with Crippen molar-refractivity contribution < 1.29 is 4.74 Å². The van der Waals surface area contributed by atoms with E-state index in [1.807, 2.05) is 55.0 Å². The first-order chi connectivity index (χ1) is 16.8. The molecule has 5 heterocycles. The van der Waals surface area contributed by atoms with Gasteiger partial charge in [-0.15, -0.1) is 0 Å². The SMILES string of the molecule is COc1ccc(-c2ccc(-c3[nH]ncc3-c3ccc4ncc(-c5ccccn5)n4c3)cc2)cn1. The summed E-state index contributed by atoms with van der Waals surface area (Å²) in [6, 6.07) is 22.2. The van der Waals surface area contributed by atoms with E-state index < -0.39 is 0 Å². The van der Waals surface area contributed by atoms with E-state index in [2.05, 4.69) is 66.1 Å². The van der Waals surface area contributed by atoms with Crippen LogP contribution in [0.15, 0.2) is 97.7 Å². The number of fused-ring (bicyclic) bond motifs is 1. The molecule has 0 bridgehead atoms. The molecule has 7 nitrogen and oxygen atoms in total. The van der Waals surface area contributed by atoms with Crippen molar-refractivity contribution in [3.63, 3.8) is 0 Å². The number of aromatic nitrogens is 6. The van der Waals surface area contributed by atoms with Crippen molar-refractivity contribution in [3.05, 3.63) is 97.7 Å². The summed E-state index contributed by atoms with van der Waals surface area (Å²) in [6.07, 6.45) is 9.39. The second kappa shape index (κ2) is 8.29. The Morgan fingerprint density at radius 1 is 0.735 bits per heavy atom. The van der Waals surface area contributed by atoms with E-state index in [1.165, 1.54) is 0 Å². The van der Waals surface area contributed by atoms with Gasteiger partial charge < -0.3 is 4.74 Å². The molecule has 0 saturated carbocycles. The topological polar surface area (TPSA) is 81.0 Å². The van der Waals surface area contributed by atoms with E-state index in [0.717, 1.165) is 50.5 Å². The molecule has 164 valence electrons. The van der Waals surface area contributed by atoms with Gasteiger partial charge in [-0.05, 0) is 35.9 Å². The summed E-state index contributed by atoms with van der Waals surface area (Å²) in [5.74, 6) is 0.600. The molecular formula is C27H20N6O. The van der Waals surface area contributed by atoms with Crippen molar-refractivity contribution in [2.24, 2.45) is 0 Å². The molecule has 0 fully saturated rings. The largest absolute Gasteiger partial charge is 0.481 e. The number of nitrogens with zero attached hydrogens (tertiary/aromatic N) is 5. The molecule has 6 aromatic rings. The molecule has 0 spiro atoms. The number of H-pyrrole nitrogens is 1. The van der Waals surface area contributed by atoms with Gasteiger partial charge in [0.05, 0.1) is 36.6 Å². The second-order valence-corrected chi connectivity index (χ2v) is 7.83. The molecule has 1 aromatic carbocycles. The van der Waals surface area contributed by atoms with Crippen LogP contribution in [-0.4, -0.2) is 36.7 Å². The molecule has 0 unspecified atom stereocenters. The van der Waals surface area contributed by atoms with E-state index in [-0.39, 0.29) is 0 Å². The molecule has 1 N–H and O–H groups in total. The van der Waals surface area contributed by atoms with Crippen molar-refractivity contribution >= 4 is 5.65 Å². The quantitative estimate of drug-likeness (QED) is 0.378. The number of methoxy groups -OCH3 is 1. The Bertz CT molecular complexity index is 1570. The lowest BCUT2D eigenvalue weighted by molar-refractivity contribution is 0.398. The molecule has 7 heteroatoms. The minimum atomic E-state index is 0.600. The Labute approximate surface area is 195 Å². The van der Waals surface area contributed by atoms with Gasteiger partial charge in [0.1, 0.15) is 5.65 Å². The van der Waals surface area contributed by atoms with E-state index >= 15 is 0 Å². The van der Waals surface area contributed by atoms with E-state index in [0.29, 0.717) is 5.88 Å². The van der Waals surface area contributed by atoms with Crippen LogP contribution in [0.1, 0.15) is 0 Å². The van der Waals surface area contributed by atoms with Crippen molar-refractivity contribution in [3.8, 4) is 50.8 Å². The molecule has 0 aliphatic carbocycles.